The molecule has 0 aliphatic carbocycles. The van der Waals surface area contributed by atoms with Crippen molar-refractivity contribution in [1.29, 1.82) is 0 Å². The van der Waals surface area contributed by atoms with Gasteiger partial charge < -0.3 is 25.6 Å². The van der Waals surface area contributed by atoms with Crippen LogP contribution in [0.2, 0.25) is 0 Å². The summed E-state index contributed by atoms with van der Waals surface area (Å²) in [4.78, 5) is 11.2. The van der Waals surface area contributed by atoms with Gasteiger partial charge in [0.2, 0.25) is 0 Å². The summed E-state index contributed by atoms with van der Waals surface area (Å²) in [5.41, 5.74) is 7.54. The van der Waals surface area contributed by atoms with Gasteiger partial charge in [0, 0.05) is 11.6 Å². The quantitative estimate of drug-likeness (QED) is 0.702. The van der Waals surface area contributed by atoms with Gasteiger partial charge in [-0.15, -0.1) is 0 Å². The normalized spacial score (nSPS) is 13.7. The molecule has 2 unspecified atom stereocenters. The van der Waals surface area contributed by atoms with E-state index in [4.69, 9.17) is 20.3 Å². The maximum atomic E-state index is 11.2. The first-order chi connectivity index (χ1) is 8.96. The number of hydrogen-bond donors (Lipinski definition) is 3. The van der Waals surface area contributed by atoms with E-state index < -0.39 is 18.1 Å². The number of carbonyl (C=O) groups is 1. The lowest BCUT2D eigenvalue weighted by Gasteiger charge is -2.24. The van der Waals surface area contributed by atoms with E-state index in [9.17, 15) is 4.79 Å². The van der Waals surface area contributed by atoms with Crippen LogP contribution in [-0.4, -0.2) is 38.4 Å². The monoisotopic (exact) mass is 268 g/mol. The van der Waals surface area contributed by atoms with Crippen LogP contribution in [0.4, 0.5) is 0 Å². The SMILES string of the molecule is CNC(C(=O)O)C(N)c1c(C)cc(OC)cc1OC. The van der Waals surface area contributed by atoms with Crippen molar-refractivity contribution >= 4 is 5.97 Å². The van der Waals surface area contributed by atoms with Crippen LogP contribution < -0.4 is 20.5 Å². The van der Waals surface area contributed by atoms with Crippen molar-refractivity contribution in [2.45, 2.75) is 19.0 Å². The molecule has 0 radical (unpaired) electrons. The fourth-order valence-corrected chi connectivity index (χ4v) is 2.07. The molecule has 0 saturated carbocycles. The maximum absolute atomic E-state index is 11.2. The third-order valence-corrected chi connectivity index (χ3v) is 3.05. The Bertz CT molecular complexity index is 462. The number of aliphatic carboxylic acids is 1. The number of benzene rings is 1. The first-order valence-electron chi connectivity index (χ1n) is 5.84. The average molecular weight is 268 g/mol. The Hall–Kier alpha value is -1.79. The van der Waals surface area contributed by atoms with Crippen LogP contribution in [0.25, 0.3) is 0 Å². The number of rotatable bonds is 6. The van der Waals surface area contributed by atoms with Gasteiger partial charge in [-0.3, -0.25) is 4.79 Å². The minimum Gasteiger partial charge on any atom is -0.497 e. The number of nitrogens with one attached hydrogen (secondary N) is 1. The highest BCUT2D eigenvalue weighted by Gasteiger charge is 2.28. The molecule has 0 aliphatic rings. The number of carboxylic acids is 1. The third kappa shape index (κ3) is 3.15. The van der Waals surface area contributed by atoms with Gasteiger partial charge in [0.25, 0.3) is 0 Å². The van der Waals surface area contributed by atoms with E-state index >= 15 is 0 Å². The van der Waals surface area contributed by atoms with Gasteiger partial charge in [-0.25, -0.2) is 0 Å². The van der Waals surface area contributed by atoms with Gasteiger partial charge in [-0.05, 0) is 25.6 Å². The van der Waals surface area contributed by atoms with Gasteiger partial charge >= 0.3 is 5.97 Å². The summed E-state index contributed by atoms with van der Waals surface area (Å²) >= 11 is 0. The van der Waals surface area contributed by atoms with Crippen LogP contribution in [-0.2, 0) is 4.79 Å². The smallest absolute Gasteiger partial charge is 0.322 e. The highest BCUT2D eigenvalue weighted by molar-refractivity contribution is 5.75. The molecule has 1 rings (SSSR count). The molecule has 0 saturated heterocycles. The number of aryl methyl sites for hydroxylation is 1. The van der Waals surface area contributed by atoms with E-state index in [-0.39, 0.29) is 0 Å². The Kier molecular flexibility index (Phi) is 5.14. The summed E-state index contributed by atoms with van der Waals surface area (Å²) in [6, 6.07) is 1.88. The molecule has 6 heteroatoms. The Morgan fingerprint density at radius 1 is 1.37 bits per heavy atom. The van der Waals surface area contributed by atoms with E-state index in [1.54, 1.807) is 26.3 Å². The topological polar surface area (TPSA) is 93.8 Å². The minimum absolute atomic E-state index is 0.519. The molecule has 1 aromatic carbocycles. The van der Waals surface area contributed by atoms with Crippen molar-refractivity contribution in [3.63, 3.8) is 0 Å². The predicted octanol–water partition coefficient (Wildman–Crippen LogP) is 0.685. The van der Waals surface area contributed by atoms with E-state index in [0.717, 1.165) is 5.56 Å². The second-order valence-electron chi connectivity index (χ2n) is 4.19. The standard InChI is InChI=1S/C13H20N2O4/c1-7-5-8(18-3)6-9(19-4)10(7)11(14)12(15-2)13(16)17/h5-6,11-12,15H,14H2,1-4H3,(H,16,17). The number of carboxylic acid groups (broad SMARTS) is 1. The van der Waals surface area contributed by atoms with Crippen molar-refractivity contribution in [2.24, 2.45) is 5.73 Å². The van der Waals surface area contributed by atoms with Crippen LogP contribution in [0.15, 0.2) is 12.1 Å². The van der Waals surface area contributed by atoms with Crippen LogP contribution in [0.5, 0.6) is 11.5 Å². The van der Waals surface area contributed by atoms with Gasteiger partial charge in [0.1, 0.15) is 17.5 Å². The number of hydrogen-bond acceptors (Lipinski definition) is 5. The minimum atomic E-state index is -1.01. The van der Waals surface area contributed by atoms with Gasteiger partial charge in [0.15, 0.2) is 0 Å². The van der Waals surface area contributed by atoms with E-state index in [1.807, 2.05) is 6.92 Å². The molecule has 1 aromatic rings. The summed E-state index contributed by atoms with van der Waals surface area (Å²) in [5.74, 6) is 0.153. The van der Waals surface area contributed by atoms with Crippen LogP contribution in [0.3, 0.4) is 0 Å². The number of nitrogens with two attached hydrogens (primary N) is 1. The molecule has 0 aliphatic heterocycles. The lowest BCUT2D eigenvalue weighted by Crippen LogP contribution is -2.43. The molecular formula is C13H20N2O4. The molecule has 0 heterocycles. The molecule has 19 heavy (non-hydrogen) atoms. The molecule has 6 nitrogen and oxygen atoms in total. The largest absolute Gasteiger partial charge is 0.497 e. The Balaban J connectivity index is 3.28. The van der Waals surface area contributed by atoms with Crippen molar-refractivity contribution in [1.82, 2.24) is 5.32 Å². The lowest BCUT2D eigenvalue weighted by atomic mass is 9.94. The summed E-state index contributed by atoms with van der Waals surface area (Å²) in [6.07, 6.45) is 0. The number of methoxy groups -OCH3 is 2. The zero-order valence-corrected chi connectivity index (χ0v) is 11.6. The zero-order valence-electron chi connectivity index (χ0n) is 11.6. The van der Waals surface area contributed by atoms with Gasteiger partial charge in [0.05, 0.1) is 20.3 Å². The number of likely N-dealkylation sites (N-methyl/N-ethyl adjacent to an activating group) is 1. The highest BCUT2D eigenvalue weighted by Crippen LogP contribution is 2.33. The second-order valence-corrected chi connectivity index (χ2v) is 4.19. The van der Waals surface area contributed by atoms with Gasteiger partial charge in [-0.1, -0.05) is 0 Å². The van der Waals surface area contributed by atoms with Crippen molar-refractivity contribution in [3.05, 3.63) is 23.3 Å². The Morgan fingerprint density at radius 3 is 2.42 bits per heavy atom. The molecule has 0 fully saturated rings. The van der Waals surface area contributed by atoms with Crippen molar-refractivity contribution in [2.75, 3.05) is 21.3 Å². The molecule has 106 valence electrons. The fourth-order valence-electron chi connectivity index (χ4n) is 2.07. The summed E-state index contributed by atoms with van der Waals surface area (Å²) in [6.45, 7) is 1.84. The lowest BCUT2D eigenvalue weighted by molar-refractivity contribution is -0.139. The molecule has 0 aromatic heterocycles. The molecule has 4 N–H and O–H groups in total. The molecule has 0 bridgehead atoms. The zero-order chi connectivity index (χ0) is 14.6. The molecular weight excluding hydrogens is 248 g/mol. The fraction of sp³-hybridized carbons (Fsp3) is 0.462. The highest BCUT2D eigenvalue weighted by atomic mass is 16.5. The van der Waals surface area contributed by atoms with Crippen LogP contribution >= 0.6 is 0 Å². The molecule has 0 spiro atoms. The van der Waals surface area contributed by atoms with Crippen molar-refractivity contribution < 1.29 is 19.4 Å². The molecule has 2 atom stereocenters. The first-order valence-corrected chi connectivity index (χ1v) is 5.84. The first kappa shape index (κ1) is 15.3. The maximum Gasteiger partial charge on any atom is 0.322 e. The number of ether oxygens (including phenoxy) is 2. The van der Waals surface area contributed by atoms with E-state index in [2.05, 4.69) is 5.32 Å². The van der Waals surface area contributed by atoms with E-state index in [0.29, 0.717) is 17.1 Å². The van der Waals surface area contributed by atoms with Gasteiger partial charge in [-0.2, -0.15) is 0 Å². The summed E-state index contributed by atoms with van der Waals surface area (Å²) in [7, 11) is 4.63. The average Bonchev–Trinajstić information content (AvgIpc) is 2.37. The Labute approximate surface area is 112 Å². The van der Waals surface area contributed by atoms with Crippen LogP contribution in [0.1, 0.15) is 17.2 Å². The van der Waals surface area contributed by atoms with Crippen LogP contribution in [0, 0.1) is 6.92 Å². The molecule has 0 amide bonds. The van der Waals surface area contributed by atoms with E-state index in [1.165, 1.54) is 7.11 Å². The summed E-state index contributed by atoms with van der Waals surface area (Å²) < 4.78 is 10.4. The van der Waals surface area contributed by atoms with Crippen molar-refractivity contribution in [3.8, 4) is 11.5 Å². The predicted molar refractivity (Wildman–Crippen MR) is 71.7 cm³/mol. The summed E-state index contributed by atoms with van der Waals surface area (Å²) in [5, 5.41) is 11.8. The second kappa shape index (κ2) is 6.40. The third-order valence-electron chi connectivity index (χ3n) is 3.05. The Morgan fingerprint density at radius 2 is 2.00 bits per heavy atom.